The molecule has 0 radical (unpaired) electrons. The van der Waals surface area contributed by atoms with Gasteiger partial charge in [-0.2, -0.15) is 0 Å². The van der Waals surface area contributed by atoms with E-state index in [4.69, 9.17) is 0 Å². The van der Waals surface area contributed by atoms with E-state index >= 15 is 0 Å². The topological polar surface area (TPSA) is 15.3 Å². The number of piperazine rings is 1. The lowest BCUT2D eigenvalue weighted by molar-refractivity contribution is 0.199. The number of rotatable bonds is 2. The summed E-state index contributed by atoms with van der Waals surface area (Å²) in [6, 6.07) is 4.57. The minimum atomic E-state index is -0.780. The van der Waals surface area contributed by atoms with Crippen LogP contribution in [0, 0.1) is 11.6 Å². The average Bonchev–Trinajstić information content (AvgIpc) is 2.24. The first-order valence-electron chi connectivity index (χ1n) is 5.55. The van der Waals surface area contributed by atoms with Crippen LogP contribution in [0.5, 0.6) is 0 Å². The molecule has 1 aliphatic heterocycles. The fourth-order valence-electron chi connectivity index (χ4n) is 2.05. The Bertz CT molecular complexity index is 368. The molecule has 16 heavy (non-hydrogen) atoms. The molecule has 4 heteroatoms. The highest BCUT2D eigenvalue weighted by atomic mass is 19.2. The molecule has 0 spiro atoms. The van der Waals surface area contributed by atoms with Gasteiger partial charge in [0.15, 0.2) is 11.6 Å². The summed E-state index contributed by atoms with van der Waals surface area (Å²) in [6.45, 7) is 5.65. The fraction of sp³-hybridized carbons (Fsp3) is 0.500. The Hall–Kier alpha value is -1.00. The molecular formula is C12H16F2N2. The molecule has 2 nitrogen and oxygen atoms in total. The van der Waals surface area contributed by atoms with Crippen molar-refractivity contribution in [3.05, 3.63) is 35.4 Å². The smallest absolute Gasteiger partial charge is 0.159 e. The third kappa shape index (κ3) is 2.77. The van der Waals surface area contributed by atoms with E-state index in [1.165, 1.54) is 12.1 Å². The summed E-state index contributed by atoms with van der Waals surface area (Å²) in [4.78, 5) is 2.24. The summed E-state index contributed by atoms with van der Waals surface area (Å²) in [5.41, 5.74) is 0.827. The van der Waals surface area contributed by atoms with E-state index in [-0.39, 0.29) is 0 Å². The SMILES string of the molecule is C[C@H]1CN(Cc2ccc(F)c(F)c2)CCN1. The largest absolute Gasteiger partial charge is 0.312 e. The van der Waals surface area contributed by atoms with Crippen molar-refractivity contribution in [2.24, 2.45) is 0 Å². The molecule has 88 valence electrons. The molecule has 2 rings (SSSR count). The Labute approximate surface area is 94.3 Å². The maximum Gasteiger partial charge on any atom is 0.159 e. The van der Waals surface area contributed by atoms with Gasteiger partial charge < -0.3 is 5.32 Å². The van der Waals surface area contributed by atoms with Crippen LogP contribution >= 0.6 is 0 Å². The molecule has 1 N–H and O–H groups in total. The predicted molar refractivity (Wildman–Crippen MR) is 59.1 cm³/mol. The average molecular weight is 226 g/mol. The second-order valence-corrected chi connectivity index (χ2v) is 4.34. The van der Waals surface area contributed by atoms with Crippen molar-refractivity contribution < 1.29 is 8.78 Å². The van der Waals surface area contributed by atoms with Gasteiger partial charge in [-0.1, -0.05) is 6.07 Å². The molecule has 1 aromatic rings. The van der Waals surface area contributed by atoms with E-state index < -0.39 is 11.6 Å². The summed E-state index contributed by atoms with van der Waals surface area (Å²) in [5, 5.41) is 3.34. The van der Waals surface area contributed by atoms with Gasteiger partial charge in [-0.25, -0.2) is 8.78 Å². The van der Waals surface area contributed by atoms with Gasteiger partial charge in [-0.15, -0.1) is 0 Å². The molecule has 1 fully saturated rings. The normalized spacial score (nSPS) is 22.3. The molecule has 0 aliphatic carbocycles. The highest BCUT2D eigenvalue weighted by molar-refractivity contribution is 5.17. The van der Waals surface area contributed by atoms with Crippen molar-refractivity contribution in [1.29, 1.82) is 0 Å². The molecule has 0 unspecified atom stereocenters. The maximum absolute atomic E-state index is 13.0. The lowest BCUT2D eigenvalue weighted by Gasteiger charge is -2.31. The minimum Gasteiger partial charge on any atom is -0.312 e. The summed E-state index contributed by atoms with van der Waals surface area (Å²) >= 11 is 0. The van der Waals surface area contributed by atoms with E-state index in [1.54, 1.807) is 6.07 Å². The van der Waals surface area contributed by atoms with Crippen LogP contribution in [0.3, 0.4) is 0 Å². The Kier molecular flexibility index (Phi) is 3.51. The van der Waals surface area contributed by atoms with Crippen LogP contribution < -0.4 is 5.32 Å². The molecule has 1 saturated heterocycles. The Morgan fingerprint density at radius 3 is 2.88 bits per heavy atom. The number of benzene rings is 1. The molecule has 0 bridgehead atoms. The van der Waals surface area contributed by atoms with E-state index in [1.807, 2.05) is 0 Å². The minimum absolute atomic E-state index is 0.457. The van der Waals surface area contributed by atoms with Crippen molar-refractivity contribution in [1.82, 2.24) is 10.2 Å². The van der Waals surface area contributed by atoms with Crippen LogP contribution in [-0.2, 0) is 6.54 Å². The quantitative estimate of drug-likeness (QED) is 0.826. The zero-order chi connectivity index (χ0) is 11.5. The van der Waals surface area contributed by atoms with Gasteiger partial charge >= 0.3 is 0 Å². The van der Waals surface area contributed by atoms with E-state index in [0.717, 1.165) is 25.2 Å². The number of nitrogens with one attached hydrogen (secondary N) is 1. The number of halogens is 2. The Morgan fingerprint density at radius 1 is 1.38 bits per heavy atom. The van der Waals surface area contributed by atoms with E-state index in [2.05, 4.69) is 17.1 Å². The standard InChI is InChI=1S/C12H16F2N2/c1-9-7-16(5-4-15-9)8-10-2-3-11(13)12(14)6-10/h2-3,6,9,15H,4-5,7-8H2,1H3/t9-/m0/s1. The van der Waals surface area contributed by atoms with Crippen LogP contribution in [0.25, 0.3) is 0 Å². The van der Waals surface area contributed by atoms with Crippen LogP contribution in [0.15, 0.2) is 18.2 Å². The zero-order valence-corrected chi connectivity index (χ0v) is 9.34. The van der Waals surface area contributed by atoms with Crippen molar-refractivity contribution in [2.45, 2.75) is 19.5 Å². The number of hydrogen-bond donors (Lipinski definition) is 1. The van der Waals surface area contributed by atoms with Gasteiger partial charge in [0.25, 0.3) is 0 Å². The third-order valence-corrected chi connectivity index (χ3v) is 2.84. The monoisotopic (exact) mass is 226 g/mol. The van der Waals surface area contributed by atoms with Crippen molar-refractivity contribution in [3.8, 4) is 0 Å². The molecular weight excluding hydrogens is 210 g/mol. The predicted octanol–water partition coefficient (Wildman–Crippen LogP) is 1.76. The van der Waals surface area contributed by atoms with E-state index in [9.17, 15) is 8.78 Å². The van der Waals surface area contributed by atoms with Gasteiger partial charge in [-0.05, 0) is 24.6 Å². The maximum atomic E-state index is 13.0. The summed E-state index contributed by atoms with van der Waals surface area (Å²) in [5.74, 6) is -1.54. The number of hydrogen-bond acceptors (Lipinski definition) is 2. The fourth-order valence-corrected chi connectivity index (χ4v) is 2.05. The molecule has 0 amide bonds. The lowest BCUT2D eigenvalue weighted by atomic mass is 10.1. The van der Waals surface area contributed by atoms with Crippen molar-refractivity contribution >= 4 is 0 Å². The van der Waals surface area contributed by atoms with Gasteiger partial charge in [0.1, 0.15) is 0 Å². The molecule has 0 saturated carbocycles. The summed E-state index contributed by atoms with van der Waals surface area (Å²) in [7, 11) is 0. The Morgan fingerprint density at radius 2 is 2.19 bits per heavy atom. The summed E-state index contributed by atoms with van der Waals surface area (Å²) in [6.07, 6.45) is 0. The first-order chi connectivity index (χ1) is 7.65. The van der Waals surface area contributed by atoms with Crippen LogP contribution in [0.1, 0.15) is 12.5 Å². The zero-order valence-electron chi connectivity index (χ0n) is 9.34. The Balaban J connectivity index is 2.00. The lowest BCUT2D eigenvalue weighted by Crippen LogP contribution is -2.48. The van der Waals surface area contributed by atoms with Crippen molar-refractivity contribution in [2.75, 3.05) is 19.6 Å². The summed E-state index contributed by atoms with van der Waals surface area (Å²) < 4.78 is 25.7. The van der Waals surface area contributed by atoms with Crippen LogP contribution in [0.2, 0.25) is 0 Å². The molecule has 1 atom stereocenters. The van der Waals surface area contributed by atoms with Crippen molar-refractivity contribution in [3.63, 3.8) is 0 Å². The molecule has 1 heterocycles. The number of nitrogens with zero attached hydrogens (tertiary/aromatic N) is 1. The van der Waals surface area contributed by atoms with Gasteiger partial charge in [0.2, 0.25) is 0 Å². The van der Waals surface area contributed by atoms with Crippen LogP contribution in [0.4, 0.5) is 8.78 Å². The first-order valence-corrected chi connectivity index (χ1v) is 5.55. The second-order valence-electron chi connectivity index (χ2n) is 4.34. The van der Waals surface area contributed by atoms with E-state index in [0.29, 0.717) is 12.6 Å². The van der Waals surface area contributed by atoms with Gasteiger partial charge in [0.05, 0.1) is 0 Å². The molecule has 0 aromatic heterocycles. The third-order valence-electron chi connectivity index (χ3n) is 2.84. The highest BCUT2D eigenvalue weighted by Crippen LogP contribution is 2.12. The first kappa shape index (κ1) is 11.5. The van der Waals surface area contributed by atoms with Crippen LogP contribution in [-0.4, -0.2) is 30.6 Å². The molecule has 1 aromatic carbocycles. The molecule has 1 aliphatic rings. The second kappa shape index (κ2) is 4.89. The van der Waals surface area contributed by atoms with Gasteiger partial charge in [0, 0.05) is 32.2 Å². The highest BCUT2D eigenvalue weighted by Gasteiger charge is 2.15. The van der Waals surface area contributed by atoms with Gasteiger partial charge in [-0.3, -0.25) is 4.90 Å².